The van der Waals surface area contributed by atoms with E-state index >= 15 is 0 Å². The van der Waals surface area contributed by atoms with Crippen LogP contribution in [0.1, 0.15) is 29.7 Å². The first-order chi connectivity index (χ1) is 20.6. The number of nitriles is 1. The van der Waals surface area contributed by atoms with Crippen LogP contribution in [0, 0.1) is 18.3 Å². The van der Waals surface area contributed by atoms with Crippen molar-refractivity contribution in [1.82, 2.24) is 19.8 Å². The van der Waals surface area contributed by atoms with Gasteiger partial charge in [0, 0.05) is 55.3 Å². The lowest BCUT2D eigenvalue weighted by Gasteiger charge is -2.41. The summed E-state index contributed by atoms with van der Waals surface area (Å²) in [6.07, 6.45) is -0.613. The second kappa shape index (κ2) is 11.4. The fraction of sp³-hybridized carbons (Fsp3) is 0.484. The van der Waals surface area contributed by atoms with Crippen molar-refractivity contribution in [3.8, 4) is 12.1 Å². The minimum absolute atomic E-state index is 0.0282. The molecule has 12 heteroatoms. The number of likely N-dealkylation sites (tertiary alicyclic amines) is 1. The highest BCUT2D eigenvalue weighted by atomic mass is 19.3. The van der Waals surface area contributed by atoms with E-state index in [0.29, 0.717) is 31.9 Å². The standard InChI is InChI=1S/C31H35F2N7O3/c1-20-5-3-6-21-7-4-8-26(27(20)21)38-12-10-24-25(17-38)35-29(43-18-23-15-31(32,33)19-37(23)2)36-28(24)39-13-14-40(30(41)42)22(16-39)9-11-34/h3-8,22-23H,9-10,12-19H2,1-2H3,(H,41,42)/t22?,23-/m0/s1. The lowest BCUT2D eigenvalue weighted by atomic mass is 9.99. The van der Waals surface area contributed by atoms with Crippen LogP contribution in [0.25, 0.3) is 10.8 Å². The monoisotopic (exact) mass is 591 g/mol. The predicted molar refractivity (Wildman–Crippen MR) is 158 cm³/mol. The smallest absolute Gasteiger partial charge is 0.407 e. The van der Waals surface area contributed by atoms with Crippen molar-refractivity contribution in [3.05, 3.63) is 53.2 Å². The number of amides is 1. The van der Waals surface area contributed by atoms with Crippen LogP contribution in [0.15, 0.2) is 36.4 Å². The van der Waals surface area contributed by atoms with E-state index < -0.39 is 24.1 Å². The van der Waals surface area contributed by atoms with Gasteiger partial charge in [0.25, 0.3) is 5.92 Å². The van der Waals surface area contributed by atoms with E-state index in [-0.39, 0.29) is 38.5 Å². The van der Waals surface area contributed by atoms with Gasteiger partial charge in [-0.05, 0) is 37.4 Å². The third kappa shape index (κ3) is 5.73. The number of anilines is 2. The quantitative estimate of drug-likeness (QED) is 0.449. The van der Waals surface area contributed by atoms with E-state index in [1.807, 2.05) is 4.90 Å². The van der Waals surface area contributed by atoms with Gasteiger partial charge in [-0.15, -0.1) is 0 Å². The molecule has 1 amide bonds. The Hall–Kier alpha value is -4.24. The number of fused-ring (bicyclic) bond motifs is 2. The minimum atomic E-state index is -2.76. The van der Waals surface area contributed by atoms with E-state index in [2.05, 4.69) is 54.3 Å². The minimum Gasteiger partial charge on any atom is -0.465 e. The number of aromatic nitrogens is 2. The summed E-state index contributed by atoms with van der Waals surface area (Å²) >= 11 is 0. The molecule has 226 valence electrons. The average Bonchev–Trinajstić information content (AvgIpc) is 3.25. The maximum Gasteiger partial charge on any atom is 0.407 e. The molecule has 3 aliphatic rings. The molecule has 1 aromatic heterocycles. The van der Waals surface area contributed by atoms with Gasteiger partial charge in [-0.25, -0.2) is 13.6 Å². The van der Waals surface area contributed by atoms with Crippen molar-refractivity contribution >= 4 is 28.4 Å². The molecule has 2 fully saturated rings. The van der Waals surface area contributed by atoms with Crippen LogP contribution in [0.5, 0.6) is 6.01 Å². The first kappa shape index (κ1) is 28.9. The van der Waals surface area contributed by atoms with Crippen molar-refractivity contribution in [2.45, 2.75) is 50.7 Å². The van der Waals surface area contributed by atoms with Gasteiger partial charge in [-0.1, -0.05) is 30.3 Å². The number of hydrogen-bond acceptors (Lipinski definition) is 8. The molecule has 0 aliphatic carbocycles. The van der Waals surface area contributed by atoms with Crippen molar-refractivity contribution in [2.24, 2.45) is 0 Å². The number of nitrogens with zero attached hydrogens (tertiary/aromatic N) is 7. The van der Waals surface area contributed by atoms with Crippen LogP contribution >= 0.6 is 0 Å². The van der Waals surface area contributed by atoms with Crippen LogP contribution in [0.3, 0.4) is 0 Å². The van der Waals surface area contributed by atoms with Gasteiger partial charge >= 0.3 is 12.1 Å². The van der Waals surface area contributed by atoms with E-state index in [4.69, 9.17) is 14.7 Å². The van der Waals surface area contributed by atoms with Crippen LogP contribution in [0.2, 0.25) is 0 Å². The summed E-state index contributed by atoms with van der Waals surface area (Å²) in [5.41, 5.74) is 4.05. The SMILES string of the molecule is Cc1cccc2cccc(N3CCc4c(nc(OC[C@@H]5CC(F)(F)CN5C)nc4N4CCN(C(=O)O)C(CC#N)C4)C3)c12. The number of benzene rings is 2. The number of aryl methyl sites for hydroxylation is 1. The Morgan fingerprint density at radius 1 is 1.14 bits per heavy atom. The molecular weight excluding hydrogens is 556 g/mol. The Bertz CT molecular complexity index is 1570. The summed E-state index contributed by atoms with van der Waals surface area (Å²) in [5, 5.41) is 21.4. The van der Waals surface area contributed by atoms with Crippen LogP contribution < -0.4 is 14.5 Å². The zero-order valence-corrected chi connectivity index (χ0v) is 24.3. The summed E-state index contributed by atoms with van der Waals surface area (Å²) in [7, 11) is 1.66. The third-order valence-corrected chi connectivity index (χ3v) is 8.85. The van der Waals surface area contributed by atoms with Crippen LogP contribution in [0.4, 0.5) is 25.1 Å². The van der Waals surface area contributed by atoms with E-state index in [9.17, 15) is 23.9 Å². The number of hydrogen-bond donors (Lipinski definition) is 1. The van der Waals surface area contributed by atoms with Crippen molar-refractivity contribution in [1.29, 1.82) is 5.26 Å². The molecule has 43 heavy (non-hydrogen) atoms. The first-order valence-electron chi connectivity index (χ1n) is 14.6. The fourth-order valence-corrected chi connectivity index (χ4v) is 6.68. The van der Waals surface area contributed by atoms with E-state index in [1.54, 1.807) is 11.9 Å². The summed E-state index contributed by atoms with van der Waals surface area (Å²) in [6, 6.07) is 13.8. The molecule has 0 bridgehead atoms. The van der Waals surface area contributed by atoms with Crippen LogP contribution in [-0.4, -0.2) is 95.4 Å². The second-order valence-corrected chi connectivity index (χ2v) is 11.8. The predicted octanol–water partition coefficient (Wildman–Crippen LogP) is 4.30. The molecule has 2 atom stereocenters. The first-order valence-corrected chi connectivity index (χ1v) is 14.6. The Kier molecular flexibility index (Phi) is 7.68. The molecule has 3 aromatic rings. The Morgan fingerprint density at radius 2 is 1.93 bits per heavy atom. The molecule has 0 spiro atoms. The number of halogens is 2. The van der Waals surface area contributed by atoms with Gasteiger partial charge in [0.2, 0.25) is 0 Å². The van der Waals surface area contributed by atoms with Crippen molar-refractivity contribution in [2.75, 3.05) is 56.2 Å². The molecule has 6 rings (SSSR count). The molecule has 3 aliphatic heterocycles. The van der Waals surface area contributed by atoms with Crippen LogP contribution in [-0.2, 0) is 13.0 Å². The van der Waals surface area contributed by atoms with Crippen molar-refractivity contribution in [3.63, 3.8) is 0 Å². The molecule has 2 aromatic carbocycles. The lowest BCUT2D eigenvalue weighted by Crippen LogP contribution is -2.55. The zero-order valence-electron chi connectivity index (χ0n) is 24.3. The molecule has 1 unspecified atom stereocenters. The van der Waals surface area contributed by atoms with Gasteiger partial charge < -0.3 is 24.5 Å². The Balaban J connectivity index is 1.34. The molecule has 10 nitrogen and oxygen atoms in total. The maximum atomic E-state index is 14.0. The average molecular weight is 592 g/mol. The molecular formula is C31H35F2N7O3. The van der Waals surface area contributed by atoms with Crippen molar-refractivity contribution < 1.29 is 23.4 Å². The lowest BCUT2D eigenvalue weighted by molar-refractivity contribution is 0.0136. The Labute approximate surface area is 249 Å². The normalized spacial score (nSPS) is 22.0. The number of piperazine rings is 1. The van der Waals surface area contributed by atoms with Gasteiger partial charge in [0.05, 0.1) is 37.3 Å². The third-order valence-electron chi connectivity index (χ3n) is 8.85. The number of carbonyl (C=O) groups is 1. The van der Waals surface area contributed by atoms with Gasteiger partial charge in [-0.2, -0.15) is 15.2 Å². The molecule has 2 saturated heterocycles. The molecule has 1 N–H and O–H groups in total. The highest BCUT2D eigenvalue weighted by Gasteiger charge is 2.43. The fourth-order valence-electron chi connectivity index (χ4n) is 6.68. The Morgan fingerprint density at radius 3 is 2.65 bits per heavy atom. The summed E-state index contributed by atoms with van der Waals surface area (Å²) in [5.74, 6) is -2.10. The number of likely N-dealkylation sites (N-methyl/N-ethyl adjacent to an activating group) is 1. The van der Waals surface area contributed by atoms with E-state index in [0.717, 1.165) is 28.9 Å². The zero-order chi connectivity index (χ0) is 30.3. The number of ether oxygens (including phenoxy) is 1. The largest absolute Gasteiger partial charge is 0.465 e. The molecule has 4 heterocycles. The molecule has 0 saturated carbocycles. The highest BCUT2D eigenvalue weighted by Crippen LogP contribution is 2.36. The number of carboxylic acid groups (broad SMARTS) is 1. The second-order valence-electron chi connectivity index (χ2n) is 11.8. The summed E-state index contributed by atoms with van der Waals surface area (Å²) in [4.78, 5) is 28.6. The summed E-state index contributed by atoms with van der Waals surface area (Å²) in [6.45, 7) is 4.01. The summed E-state index contributed by atoms with van der Waals surface area (Å²) < 4.78 is 34.1. The van der Waals surface area contributed by atoms with Gasteiger partial charge in [0.15, 0.2) is 0 Å². The topological polar surface area (TPSA) is 109 Å². The number of rotatable bonds is 6. The van der Waals surface area contributed by atoms with Gasteiger partial charge in [-0.3, -0.25) is 4.90 Å². The number of alkyl halides is 2. The van der Waals surface area contributed by atoms with Gasteiger partial charge in [0.1, 0.15) is 12.4 Å². The highest BCUT2D eigenvalue weighted by molar-refractivity contribution is 5.97. The molecule has 0 radical (unpaired) electrons. The maximum absolute atomic E-state index is 14.0. The van der Waals surface area contributed by atoms with E-state index in [1.165, 1.54) is 15.8 Å².